The first kappa shape index (κ1) is 15.1. The fourth-order valence-corrected chi connectivity index (χ4v) is 2.71. The van der Waals surface area contributed by atoms with E-state index in [1.165, 1.54) is 12.8 Å². The van der Waals surface area contributed by atoms with Gasteiger partial charge in [0, 0.05) is 16.9 Å². The van der Waals surface area contributed by atoms with Gasteiger partial charge < -0.3 is 5.32 Å². The molecule has 1 nitrogen and oxygen atoms in total. The van der Waals surface area contributed by atoms with Gasteiger partial charge in [-0.25, -0.2) is 0 Å². The summed E-state index contributed by atoms with van der Waals surface area (Å²) >= 11 is 1.96. The van der Waals surface area contributed by atoms with Crippen LogP contribution >= 0.6 is 11.8 Å². The van der Waals surface area contributed by atoms with Gasteiger partial charge in [0.05, 0.1) is 6.54 Å². The zero-order valence-corrected chi connectivity index (χ0v) is 12.4. The Bertz CT molecular complexity index is 376. The minimum absolute atomic E-state index is 0.369. The van der Waals surface area contributed by atoms with Crippen LogP contribution < -0.4 is 5.32 Å². The molecule has 0 amide bonds. The molecule has 0 radical (unpaired) electrons. The summed E-state index contributed by atoms with van der Waals surface area (Å²) < 4.78 is 0.369. The second-order valence-corrected chi connectivity index (χ2v) is 5.64. The molecule has 0 heterocycles. The summed E-state index contributed by atoms with van der Waals surface area (Å²) in [5.74, 6) is 6.34. The van der Waals surface area contributed by atoms with Crippen LogP contribution in [0.1, 0.15) is 32.3 Å². The lowest BCUT2D eigenvalue weighted by atomic mass is 10.0. The third-order valence-corrected chi connectivity index (χ3v) is 4.98. The highest BCUT2D eigenvalue weighted by atomic mass is 32.2. The first-order valence-electron chi connectivity index (χ1n) is 6.56. The molecule has 0 aliphatic heterocycles. The molecular weight excluding hydrogens is 238 g/mol. The molecule has 0 unspecified atom stereocenters. The van der Waals surface area contributed by atoms with Crippen LogP contribution in [0.4, 0.5) is 0 Å². The van der Waals surface area contributed by atoms with Gasteiger partial charge in [-0.3, -0.25) is 0 Å². The number of thioether (sulfide) groups is 1. The van der Waals surface area contributed by atoms with Crippen LogP contribution in [0.25, 0.3) is 0 Å². The minimum atomic E-state index is 0.369. The Morgan fingerprint density at radius 1 is 1.17 bits per heavy atom. The molecule has 0 fully saturated rings. The van der Waals surface area contributed by atoms with Gasteiger partial charge in [0.2, 0.25) is 0 Å². The van der Waals surface area contributed by atoms with E-state index in [-0.39, 0.29) is 0 Å². The monoisotopic (exact) mass is 261 g/mol. The summed E-state index contributed by atoms with van der Waals surface area (Å²) in [4.78, 5) is 0. The average Bonchev–Trinajstić information content (AvgIpc) is 2.45. The third kappa shape index (κ3) is 4.76. The van der Waals surface area contributed by atoms with Crippen LogP contribution in [0.3, 0.4) is 0 Å². The number of hydrogen-bond acceptors (Lipinski definition) is 2. The molecule has 1 rings (SSSR count). The molecule has 1 aromatic rings. The molecule has 18 heavy (non-hydrogen) atoms. The maximum Gasteiger partial charge on any atom is 0.0580 e. The second-order valence-electron chi connectivity index (χ2n) is 4.37. The Labute approximate surface area is 116 Å². The van der Waals surface area contributed by atoms with Crippen LogP contribution in [0.15, 0.2) is 30.3 Å². The maximum absolute atomic E-state index is 3.45. The SMILES string of the molecule is CCC(CC)(CNCC#Cc1ccccc1)SC. The summed E-state index contributed by atoms with van der Waals surface area (Å²) in [5, 5.41) is 3.45. The summed E-state index contributed by atoms with van der Waals surface area (Å²) in [6.45, 7) is 6.32. The van der Waals surface area contributed by atoms with Crippen LogP contribution in [0, 0.1) is 11.8 Å². The van der Waals surface area contributed by atoms with Gasteiger partial charge in [-0.1, -0.05) is 43.9 Å². The van der Waals surface area contributed by atoms with E-state index in [0.717, 1.165) is 18.7 Å². The van der Waals surface area contributed by atoms with Crippen molar-refractivity contribution in [3.05, 3.63) is 35.9 Å². The normalized spacial score (nSPS) is 10.8. The number of hydrogen-bond donors (Lipinski definition) is 1. The van der Waals surface area contributed by atoms with E-state index in [1.807, 2.05) is 42.1 Å². The third-order valence-electron chi connectivity index (χ3n) is 3.39. The Morgan fingerprint density at radius 3 is 2.39 bits per heavy atom. The highest BCUT2D eigenvalue weighted by Gasteiger charge is 2.23. The topological polar surface area (TPSA) is 12.0 Å². The Hall–Kier alpha value is -0.910. The molecule has 0 saturated carbocycles. The fraction of sp³-hybridized carbons (Fsp3) is 0.500. The Morgan fingerprint density at radius 2 is 1.83 bits per heavy atom. The molecule has 98 valence electrons. The zero-order valence-electron chi connectivity index (χ0n) is 11.6. The van der Waals surface area contributed by atoms with Crippen molar-refractivity contribution in [3.8, 4) is 11.8 Å². The van der Waals surface area contributed by atoms with Gasteiger partial charge in [0.15, 0.2) is 0 Å². The van der Waals surface area contributed by atoms with E-state index in [1.54, 1.807) is 0 Å². The minimum Gasteiger partial charge on any atom is -0.305 e. The van der Waals surface area contributed by atoms with Crippen molar-refractivity contribution in [2.45, 2.75) is 31.4 Å². The second kappa shape index (κ2) is 8.24. The summed E-state index contributed by atoms with van der Waals surface area (Å²) in [5.41, 5.74) is 1.08. The summed E-state index contributed by atoms with van der Waals surface area (Å²) in [7, 11) is 0. The van der Waals surface area contributed by atoms with E-state index >= 15 is 0 Å². The molecule has 0 atom stereocenters. The van der Waals surface area contributed by atoms with E-state index in [0.29, 0.717) is 4.75 Å². The first-order valence-corrected chi connectivity index (χ1v) is 7.78. The van der Waals surface area contributed by atoms with Crippen molar-refractivity contribution >= 4 is 11.8 Å². The smallest absolute Gasteiger partial charge is 0.0580 e. The number of nitrogens with one attached hydrogen (secondary N) is 1. The van der Waals surface area contributed by atoms with Crippen molar-refractivity contribution in [2.24, 2.45) is 0 Å². The standard InChI is InChI=1S/C16H23NS/c1-4-16(5-2,18-3)14-17-13-9-12-15-10-7-6-8-11-15/h6-8,10-11,17H,4-5,13-14H2,1-3H3. The molecule has 1 aromatic carbocycles. The maximum atomic E-state index is 3.45. The lowest BCUT2D eigenvalue weighted by Crippen LogP contribution is -2.36. The van der Waals surface area contributed by atoms with Crippen LogP contribution in [0.5, 0.6) is 0 Å². The van der Waals surface area contributed by atoms with Crippen molar-refractivity contribution in [1.82, 2.24) is 5.32 Å². The molecule has 0 bridgehead atoms. The van der Waals surface area contributed by atoms with Gasteiger partial charge in [0.1, 0.15) is 0 Å². The molecule has 2 heteroatoms. The van der Waals surface area contributed by atoms with Gasteiger partial charge in [-0.15, -0.1) is 0 Å². The largest absolute Gasteiger partial charge is 0.305 e. The molecule has 0 aliphatic carbocycles. The highest BCUT2D eigenvalue weighted by molar-refractivity contribution is 8.00. The van der Waals surface area contributed by atoms with E-state index < -0.39 is 0 Å². The highest BCUT2D eigenvalue weighted by Crippen LogP contribution is 2.29. The molecule has 0 aliphatic rings. The fourth-order valence-electron chi connectivity index (χ4n) is 1.88. The number of benzene rings is 1. The first-order chi connectivity index (χ1) is 8.76. The molecule has 0 aromatic heterocycles. The van der Waals surface area contributed by atoms with Crippen LogP contribution in [-0.4, -0.2) is 24.1 Å². The van der Waals surface area contributed by atoms with Crippen molar-refractivity contribution in [2.75, 3.05) is 19.3 Å². The molecule has 0 spiro atoms. The van der Waals surface area contributed by atoms with E-state index in [4.69, 9.17) is 0 Å². The Kier molecular flexibility index (Phi) is 6.93. The summed E-state index contributed by atoms with van der Waals surface area (Å²) in [6, 6.07) is 10.1. The lowest BCUT2D eigenvalue weighted by Gasteiger charge is -2.29. The average molecular weight is 261 g/mol. The van der Waals surface area contributed by atoms with Crippen LogP contribution in [0.2, 0.25) is 0 Å². The summed E-state index contributed by atoms with van der Waals surface area (Å²) in [6.07, 6.45) is 4.60. The van der Waals surface area contributed by atoms with E-state index in [2.05, 4.69) is 37.3 Å². The lowest BCUT2D eigenvalue weighted by molar-refractivity contribution is 0.511. The van der Waals surface area contributed by atoms with E-state index in [9.17, 15) is 0 Å². The van der Waals surface area contributed by atoms with Crippen molar-refractivity contribution in [3.63, 3.8) is 0 Å². The number of rotatable bonds is 6. The van der Waals surface area contributed by atoms with Gasteiger partial charge in [-0.2, -0.15) is 11.8 Å². The van der Waals surface area contributed by atoms with Gasteiger partial charge in [-0.05, 0) is 31.2 Å². The van der Waals surface area contributed by atoms with Crippen LogP contribution in [-0.2, 0) is 0 Å². The Balaban J connectivity index is 2.37. The predicted molar refractivity (Wildman–Crippen MR) is 83.0 cm³/mol. The molecule has 0 saturated heterocycles. The van der Waals surface area contributed by atoms with Gasteiger partial charge >= 0.3 is 0 Å². The predicted octanol–water partition coefficient (Wildman–Crippen LogP) is 3.55. The van der Waals surface area contributed by atoms with Crippen molar-refractivity contribution in [1.29, 1.82) is 0 Å². The van der Waals surface area contributed by atoms with Crippen molar-refractivity contribution < 1.29 is 0 Å². The quantitative estimate of drug-likeness (QED) is 0.621. The zero-order chi connectivity index (χ0) is 13.3. The molecular formula is C16H23NS. The molecule has 1 N–H and O–H groups in total. The van der Waals surface area contributed by atoms with Gasteiger partial charge in [0.25, 0.3) is 0 Å².